The summed E-state index contributed by atoms with van der Waals surface area (Å²) in [6.45, 7) is 4.17. The summed E-state index contributed by atoms with van der Waals surface area (Å²) in [4.78, 5) is 15.9. The van der Waals surface area contributed by atoms with Crippen molar-refractivity contribution >= 4 is 5.91 Å². The van der Waals surface area contributed by atoms with Gasteiger partial charge in [0, 0.05) is 26.3 Å². The number of halogens is 1. The summed E-state index contributed by atoms with van der Waals surface area (Å²) in [5, 5.41) is 2.81. The van der Waals surface area contributed by atoms with E-state index in [1.807, 2.05) is 6.92 Å². The van der Waals surface area contributed by atoms with Gasteiger partial charge in [-0.25, -0.2) is 9.37 Å². The third kappa shape index (κ3) is 4.41. The van der Waals surface area contributed by atoms with Gasteiger partial charge in [0.1, 0.15) is 11.6 Å². The van der Waals surface area contributed by atoms with Crippen LogP contribution in [0.2, 0.25) is 0 Å². The van der Waals surface area contributed by atoms with Crippen LogP contribution in [0.15, 0.2) is 28.7 Å². The molecule has 5 heteroatoms. The minimum atomic E-state index is -0.266. The standard InChI is InChI=1S/C16H19FN2O2/c1-11-15(21-12(2)19-11)9-10-18-16(20)8-7-13-5-3-4-6-14(13)17/h3-6H,7-10H2,1-2H3,(H,18,20). The fourth-order valence-corrected chi connectivity index (χ4v) is 2.16. The van der Waals surface area contributed by atoms with Gasteiger partial charge in [-0.05, 0) is 25.0 Å². The number of carbonyl (C=O) groups is 1. The molecule has 2 aromatic rings. The van der Waals surface area contributed by atoms with Crippen LogP contribution in [-0.4, -0.2) is 17.4 Å². The Hall–Kier alpha value is -2.17. The van der Waals surface area contributed by atoms with Gasteiger partial charge in [-0.15, -0.1) is 0 Å². The zero-order valence-corrected chi connectivity index (χ0v) is 12.3. The van der Waals surface area contributed by atoms with Crippen molar-refractivity contribution in [2.45, 2.75) is 33.1 Å². The molecule has 0 atom stereocenters. The Kier molecular flexibility index (Phi) is 5.09. The Morgan fingerprint density at radius 3 is 2.71 bits per heavy atom. The second-order valence-electron chi connectivity index (χ2n) is 4.93. The number of rotatable bonds is 6. The van der Waals surface area contributed by atoms with E-state index in [0.717, 1.165) is 11.5 Å². The summed E-state index contributed by atoms with van der Waals surface area (Å²) < 4.78 is 18.8. The lowest BCUT2D eigenvalue weighted by Crippen LogP contribution is -2.26. The average molecular weight is 290 g/mol. The summed E-state index contributed by atoms with van der Waals surface area (Å²) in [7, 11) is 0. The highest BCUT2D eigenvalue weighted by Crippen LogP contribution is 2.10. The van der Waals surface area contributed by atoms with Gasteiger partial charge in [0.15, 0.2) is 5.89 Å². The third-order valence-electron chi connectivity index (χ3n) is 3.25. The molecule has 0 fully saturated rings. The molecule has 0 saturated carbocycles. The molecule has 0 radical (unpaired) electrons. The quantitative estimate of drug-likeness (QED) is 0.890. The zero-order chi connectivity index (χ0) is 15.2. The number of hydrogen-bond donors (Lipinski definition) is 1. The number of hydrogen-bond acceptors (Lipinski definition) is 3. The van der Waals surface area contributed by atoms with Gasteiger partial charge in [-0.2, -0.15) is 0 Å². The summed E-state index contributed by atoms with van der Waals surface area (Å²) >= 11 is 0. The van der Waals surface area contributed by atoms with Gasteiger partial charge >= 0.3 is 0 Å². The maximum absolute atomic E-state index is 13.4. The molecule has 0 aliphatic heterocycles. The minimum absolute atomic E-state index is 0.0906. The van der Waals surface area contributed by atoms with Crippen molar-refractivity contribution in [1.29, 1.82) is 0 Å². The Bertz CT molecular complexity index is 622. The average Bonchev–Trinajstić information content (AvgIpc) is 2.76. The van der Waals surface area contributed by atoms with Crippen LogP contribution in [0.3, 0.4) is 0 Å². The number of aromatic nitrogens is 1. The molecular weight excluding hydrogens is 271 g/mol. The Morgan fingerprint density at radius 1 is 1.29 bits per heavy atom. The fraction of sp³-hybridized carbons (Fsp3) is 0.375. The molecule has 0 bridgehead atoms. The maximum Gasteiger partial charge on any atom is 0.220 e. The predicted molar refractivity (Wildman–Crippen MR) is 77.4 cm³/mol. The summed E-state index contributed by atoms with van der Waals surface area (Å²) in [6, 6.07) is 6.51. The molecule has 1 heterocycles. The van der Waals surface area contributed by atoms with E-state index in [4.69, 9.17) is 4.42 Å². The van der Waals surface area contributed by atoms with Gasteiger partial charge in [0.05, 0.1) is 5.69 Å². The lowest BCUT2D eigenvalue weighted by Gasteiger charge is -2.05. The van der Waals surface area contributed by atoms with Crippen molar-refractivity contribution in [2.24, 2.45) is 0 Å². The molecule has 112 valence electrons. The second kappa shape index (κ2) is 7.02. The highest BCUT2D eigenvalue weighted by molar-refractivity contribution is 5.76. The van der Waals surface area contributed by atoms with E-state index in [1.165, 1.54) is 6.07 Å². The van der Waals surface area contributed by atoms with Crippen LogP contribution >= 0.6 is 0 Å². The summed E-state index contributed by atoms with van der Waals surface area (Å²) in [5.41, 5.74) is 1.42. The molecule has 1 amide bonds. The highest BCUT2D eigenvalue weighted by Gasteiger charge is 2.08. The molecule has 0 unspecified atom stereocenters. The lowest BCUT2D eigenvalue weighted by atomic mass is 10.1. The zero-order valence-electron chi connectivity index (χ0n) is 12.3. The smallest absolute Gasteiger partial charge is 0.220 e. The number of amides is 1. The number of carbonyl (C=O) groups excluding carboxylic acids is 1. The van der Waals surface area contributed by atoms with E-state index in [0.29, 0.717) is 30.8 Å². The molecule has 1 N–H and O–H groups in total. The molecule has 0 spiro atoms. The Balaban J connectivity index is 1.73. The number of benzene rings is 1. The van der Waals surface area contributed by atoms with E-state index < -0.39 is 0 Å². The Labute approximate surface area is 123 Å². The summed E-state index contributed by atoms with van der Waals surface area (Å²) in [6.07, 6.45) is 1.28. The van der Waals surface area contributed by atoms with Gasteiger partial charge in [0.2, 0.25) is 5.91 Å². The highest BCUT2D eigenvalue weighted by atomic mass is 19.1. The minimum Gasteiger partial charge on any atom is -0.446 e. The van der Waals surface area contributed by atoms with E-state index in [9.17, 15) is 9.18 Å². The largest absolute Gasteiger partial charge is 0.446 e. The van der Waals surface area contributed by atoms with Crippen LogP contribution in [0.5, 0.6) is 0 Å². The van der Waals surface area contributed by atoms with Crippen LogP contribution in [-0.2, 0) is 17.6 Å². The van der Waals surface area contributed by atoms with Crippen LogP contribution < -0.4 is 5.32 Å². The molecular formula is C16H19FN2O2. The lowest BCUT2D eigenvalue weighted by molar-refractivity contribution is -0.121. The van der Waals surface area contributed by atoms with E-state index in [-0.39, 0.29) is 18.1 Å². The number of aryl methyl sites for hydroxylation is 3. The first kappa shape index (κ1) is 15.2. The molecule has 0 aliphatic carbocycles. The van der Waals surface area contributed by atoms with Gasteiger partial charge in [0.25, 0.3) is 0 Å². The third-order valence-corrected chi connectivity index (χ3v) is 3.25. The van der Waals surface area contributed by atoms with Gasteiger partial charge < -0.3 is 9.73 Å². The monoisotopic (exact) mass is 290 g/mol. The van der Waals surface area contributed by atoms with Crippen LogP contribution in [0, 0.1) is 19.7 Å². The summed E-state index contributed by atoms with van der Waals surface area (Å²) in [5.74, 6) is 1.07. The van der Waals surface area contributed by atoms with E-state index >= 15 is 0 Å². The molecule has 1 aromatic carbocycles. The molecule has 4 nitrogen and oxygen atoms in total. The SMILES string of the molecule is Cc1nc(C)c(CCNC(=O)CCc2ccccc2F)o1. The maximum atomic E-state index is 13.4. The Morgan fingerprint density at radius 2 is 2.05 bits per heavy atom. The molecule has 21 heavy (non-hydrogen) atoms. The van der Waals surface area contributed by atoms with E-state index in [1.54, 1.807) is 25.1 Å². The second-order valence-corrected chi connectivity index (χ2v) is 4.93. The predicted octanol–water partition coefficient (Wildman–Crippen LogP) is 2.72. The first-order chi connectivity index (χ1) is 10.1. The molecule has 1 aromatic heterocycles. The topological polar surface area (TPSA) is 55.1 Å². The van der Waals surface area contributed by atoms with E-state index in [2.05, 4.69) is 10.3 Å². The first-order valence-electron chi connectivity index (χ1n) is 6.99. The van der Waals surface area contributed by atoms with Gasteiger partial charge in [-0.3, -0.25) is 4.79 Å². The molecule has 2 rings (SSSR count). The van der Waals surface area contributed by atoms with Crippen molar-refractivity contribution in [3.05, 3.63) is 53.0 Å². The molecule has 0 aliphatic rings. The van der Waals surface area contributed by atoms with Crippen molar-refractivity contribution in [3.63, 3.8) is 0 Å². The van der Waals surface area contributed by atoms with Crippen molar-refractivity contribution < 1.29 is 13.6 Å². The normalized spacial score (nSPS) is 10.6. The van der Waals surface area contributed by atoms with Crippen LogP contribution in [0.1, 0.15) is 29.3 Å². The van der Waals surface area contributed by atoms with Gasteiger partial charge in [-0.1, -0.05) is 18.2 Å². The van der Waals surface area contributed by atoms with Crippen molar-refractivity contribution in [2.75, 3.05) is 6.54 Å². The van der Waals surface area contributed by atoms with Crippen molar-refractivity contribution in [3.8, 4) is 0 Å². The number of oxazole rings is 1. The number of nitrogens with zero attached hydrogens (tertiary/aromatic N) is 1. The van der Waals surface area contributed by atoms with Crippen LogP contribution in [0.4, 0.5) is 4.39 Å². The number of nitrogens with one attached hydrogen (secondary N) is 1. The fourth-order valence-electron chi connectivity index (χ4n) is 2.16. The molecule has 0 saturated heterocycles. The first-order valence-corrected chi connectivity index (χ1v) is 6.99. The van der Waals surface area contributed by atoms with Crippen molar-refractivity contribution in [1.82, 2.24) is 10.3 Å². The van der Waals surface area contributed by atoms with Crippen LogP contribution in [0.25, 0.3) is 0 Å².